The summed E-state index contributed by atoms with van der Waals surface area (Å²) in [5, 5.41) is 5.96. The average molecular weight is 399 g/mol. The van der Waals surface area contributed by atoms with Crippen molar-refractivity contribution in [3.05, 3.63) is 84.4 Å². The zero-order valence-electron chi connectivity index (χ0n) is 16.9. The van der Waals surface area contributed by atoms with E-state index in [0.717, 1.165) is 42.5 Å². The number of rotatable bonds is 5. The molecule has 0 unspecified atom stereocenters. The van der Waals surface area contributed by atoms with Crippen LogP contribution in [0.5, 0.6) is 0 Å². The van der Waals surface area contributed by atoms with Gasteiger partial charge in [-0.25, -0.2) is 0 Å². The standard InChI is InChI=1S/C26H26N2O2/c29-25(20-12-5-2-6-13-20)28-24-17-8-7-16-23(24)26(30)27-22-15-9-14-21(18-22)19-10-3-1-4-11-19/h1,3-4,7-11,14-18,20H,2,5-6,12-13H2,(H,27,30)(H,28,29). The van der Waals surface area contributed by atoms with Gasteiger partial charge >= 0.3 is 0 Å². The van der Waals surface area contributed by atoms with Gasteiger partial charge in [0.1, 0.15) is 0 Å². The Morgan fingerprint density at radius 1 is 0.700 bits per heavy atom. The van der Waals surface area contributed by atoms with Gasteiger partial charge in [0.25, 0.3) is 5.91 Å². The number of carbonyl (C=O) groups is 2. The highest BCUT2D eigenvalue weighted by atomic mass is 16.2. The lowest BCUT2D eigenvalue weighted by atomic mass is 9.88. The van der Waals surface area contributed by atoms with Crippen LogP contribution in [0.25, 0.3) is 11.1 Å². The lowest BCUT2D eigenvalue weighted by Crippen LogP contribution is -2.26. The first kappa shape index (κ1) is 19.9. The summed E-state index contributed by atoms with van der Waals surface area (Å²) in [6.07, 6.45) is 5.24. The molecule has 1 aliphatic carbocycles. The smallest absolute Gasteiger partial charge is 0.257 e. The van der Waals surface area contributed by atoms with Crippen LogP contribution < -0.4 is 10.6 Å². The fraction of sp³-hybridized carbons (Fsp3) is 0.231. The van der Waals surface area contributed by atoms with Crippen molar-refractivity contribution in [2.45, 2.75) is 32.1 Å². The van der Waals surface area contributed by atoms with E-state index in [0.29, 0.717) is 11.3 Å². The Labute approximate surface area is 177 Å². The predicted molar refractivity (Wildman–Crippen MR) is 121 cm³/mol. The van der Waals surface area contributed by atoms with Crippen molar-refractivity contribution in [2.24, 2.45) is 5.92 Å². The van der Waals surface area contributed by atoms with Crippen LogP contribution in [-0.2, 0) is 4.79 Å². The van der Waals surface area contributed by atoms with E-state index >= 15 is 0 Å². The van der Waals surface area contributed by atoms with Crippen molar-refractivity contribution in [1.29, 1.82) is 0 Å². The van der Waals surface area contributed by atoms with Crippen LogP contribution in [0.1, 0.15) is 42.5 Å². The number of carbonyl (C=O) groups excluding carboxylic acids is 2. The summed E-state index contributed by atoms with van der Waals surface area (Å²) in [6, 6.07) is 25.0. The molecule has 4 nitrogen and oxygen atoms in total. The summed E-state index contributed by atoms with van der Waals surface area (Å²) < 4.78 is 0. The zero-order chi connectivity index (χ0) is 20.8. The van der Waals surface area contributed by atoms with E-state index in [4.69, 9.17) is 0 Å². The van der Waals surface area contributed by atoms with Gasteiger partial charge in [-0.3, -0.25) is 9.59 Å². The molecular formula is C26H26N2O2. The first-order valence-electron chi connectivity index (χ1n) is 10.6. The van der Waals surface area contributed by atoms with Crippen LogP contribution in [0.3, 0.4) is 0 Å². The zero-order valence-corrected chi connectivity index (χ0v) is 16.9. The molecule has 0 spiro atoms. The van der Waals surface area contributed by atoms with Crippen molar-refractivity contribution in [3.8, 4) is 11.1 Å². The highest BCUT2D eigenvalue weighted by molar-refractivity contribution is 6.10. The van der Waals surface area contributed by atoms with Gasteiger partial charge in [0.15, 0.2) is 0 Å². The Morgan fingerprint density at radius 2 is 1.40 bits per heavy atom. The Morgan fingerprint density at radius 3 is 2.20 bits per heavy atom. The summed E-state index contributed by atoms with van der Waals surface area (Å²) >= 11 is 0. The monoisotopic (exact) mass is 398 g/mol. The fourth-order valence-electron chi connectivity index (χ4n) is 4.00. The van der Waals surface area contributed by atoms with Gasteiger partial charge in [0.05, 0.1) is 11.3 Å². The van der Waals surface area contributed by atoms with E-state index in [1.165, 1.54) is 6.42 Å². The van der Waals surface area contributed by atoms with Gasteiger partial charge < -0.3 is 10.6 Å². The summed E-state index contributed by atoms with van der Waals surface area (Å²) in [5.41, 5.74) is 3.87. The van der Waals surface area contributed by atoms with Crippen LogP contribution in [0.15, 0.2) is 78.9 Å². The van der Waals surface area contributed by atoms with E-state index in [9.17, 15) is 9.59 Å². The van der Waals surface area contributed by atoms with Crippen molar-refractivity contribution >= 4 is 23.2 Å². The van der Waals surface area contributed by atoms with Crippen molar-refractivity contribution in [1.82, 2.24) is 0 Å². The Hall–Kier alpha value is -3.40. The van der Waals surface area contributed by atoms with Gasteiger partial charge in [-0.1, -0.05) is 73.9 Å². The van der Waals surface area contributed by atoms with E-state index in [1.54, 1.807) is 12.1 Å². The topological polar surface area (TPSA) is 58.2 Å². The summed E-state index contributed by atoms with van der Waals surface area (Å²) in [4.78, 5) is 25.6. The van der Waals surface area contributed by atoms with Crippen molar-refractivity contribution < 1.29 is 9.59 Å². The van der Waals surface area contributed by atoms with Crippen molar-refractivity contribution in [2.75, 3.05) is 10.6 Å². The fourth-order valence-corrected chi connectivity index (χ4v) is 4.00. The number of anilines is 2. The van der Waals surface area contributed by atoms with Crippen LogP contribution >= 0.6 is 0 Å². The molecule has 2 N–H and O–H groups in total. The first-order valence-corrected chi connectivity index (χ1v) is 10.6. The molecule has 4 rings (SSSR count). The second-order valence-electron chi connectivity index (χ2n) is 7.77. The number of nitrogens with one attached hydrogen (secondary N) is 2. The molecule has 3 aromatic carbocycles. The van der Waals surface area contributed by atoms with Crippen LogP contribution in [0.2, 0.25) is 0 Å². The molecular weight excluding hydrogens is 372 g/mol. The predicted octanol–water partition coefficient (Wildman–Crippen LogP) is 6.12. The van der Waals surface area contributed by atoms with Gasteiger partial charge in [0, 0.05) is 11.6 Å². The Bertz CT molecular complexity index is 1020. The molecule has 152 valence electrons. The normalized spacial score (nSPS) is 14.1. The molecule has 4 heteroatoms. The minimum atomic E-state index is -0.236. The third-order valence-electron chi connectivity index (χ3n) is 5.63. The Balaban J connectivity index is 1.50. The lowest BCUT2D eigenvalue weighted by Gasteiger charge is -2.21. The minimum Gasteiger partial charge on any atom is -0.325 e. The molecule has 3 aromatic rings. The maximum Gasteiger partial charge on any atom is 0.257 e. The number of hydrogen-bond donors (Lipinski definition) is 2. The molecule has 0 aromatic heterocycles. The first-order chi connectivity index (χ1) is 14.7. The Kier molecular flexibility index (Phi) is 6.23. The van der Waals surface area contributed by atoms with Gasteiger partial charge in [-0.2, -0.15) is 0 Å². The highest BCUT2D eigenvalue weighted by Gasteiger charge is 2.22. The molecule has 1 aliphatic rings. The minimum absolute atomic E-state index is 0.0148. The third kappa shape index (κ3) is 4.77. The number of amides is 2. The molecule has 1 saturated carbocycles. The molecule has 1 fully saturated rings. The second-order valence-corrected chi connectivity index (χ2v) is 7.77. The van der Waals surface area contributed by atoms with Crippen LogP contribution in [0, 0.1) is 5.92 Å². The second kappa shape index (κ2) is 9.40. The van der Waals surface area contributed by atoms with Gasteiger partial charge in [-0.05, 0) is 48.2 Å². The van der Waals surface area contributed by atoms with Gasteiger partial charge in [-0.15, -0.1) is 0 Å². The van der Waals surface area contributed by atoms with E-state index < -0.39 is 0 Å². The largest absolute Gasteiger partial charge is 0.325 e. The maximum absolute atomic E-state index is 13.0. The lowest BCUT2D eigenvalue weighted by molar-refractivity contribution is -0.120. The van der Waals surface area contributed by atoms with Crippen LogP contribution in [0.4, 0.5) is 11.4 Å². The SMILES string of the molecule is O=C(Nc1cccc(-c2ccccc2)c1)c1ccccc1NC(=O)C1CCCCC1. The van der Waals surface area contributed by atoms with Gasteiger partial charge in [0.2, 0.25) is 5.91 Å². The summed E-state index contributed by atoms with van der Waals surface area (Å²) in [7, 11) is 0. The molecule has 0 heterocycles. The summed E-state index contributed by atoms with van der Waals surface area (Å²) in [5.74, 6) is -0.182. The quantitative estimate of drug-likeness (QED) is 0.543. The number of hydrogen-bond acceptors (Lipinski definition) is 2. The van der Waals surface area contributed by atoms with E-state index in [2.05, 4.69) is 10.6 Å². The molecule has 0 atom stereocenters. The molecule has 0 aliphatic heterocycles. The third-order valence-corrected chi connectivity index (χ3v) is 5.63. The molecule has 0 saturated heterocycles. The van der Waals surface area contributed by atoms with E-state index in [1.807, 2.05) is 66.7 Å². The molecule has 2 amide bonds. The number of para-hydroxylation sites is 1. The molecule has 0 radical (unpaired) electrons. The molecule has 30 heavy (non-hydrogen) atoms. The van der Waals surface area contributed by atoms with Crippen molar-refractivity contribution in [3.63, 3.8) is 0 Å². The highest BCUT2D eigenvalue weighted by Crippen LogP contribution is 2.27. The van der Waals surface area contributed by atoms with Crippen LogP contribution in [-0.4, -0.2) is 11.8 Å². The summed E-state index contributed by atoms with van der Waals surface area (Å²) in [6.45, 7) is 0. The maximum atomic E-state index is 13.0. The molecule has 0 bridgehead atoms. The van der Waals surface area contributed by atoms with E-state index in [-0.39, 0.29) is 17.7 Å². The average Bonchev–Trinajstić information content (AvgIpc) is 2.81. The number of benzene rings is 3.